The van der Waals surface area contributed by atoms with Crippen LogP contribution in [0.2, 0.25) is 0 Å². The third-order valence-corrected chi connectivity index (χ3v) is 29.4. The van der Waals surface area contributed by atoms with E-state index in [0.717, 1.165) is 217 Å². The third-order valence-electron chi connectivity index (χ3n) is 25.2. The Kier molecular flexibility index (Phi) is 25.8. The van der Waals surface area contributed by atoms with Crippen molar-refractivity contribution in [3.8, 4) is 46.0 Å². The summed E-state index contributed by atoms with van der Waals surface area (Å²) in [5.41, 5.74) is 11.9. The molecule has 5 heterocycles. The second kappa shape index (κ2) is 35.8. The fourth-order valence-corrected chi connectivity index (χ4v) is 23.2. The molecule has 2 amide bonds. The fraction of sp³-hybridized carbons (Fsp3) is 0.415. The third kappa shape index (κ3) is 16.4. The number of benzene rings is 10. The molecule has 15 rings (SSSR count). The first kappa shape index (κ1) is 89.4. The van der Waals surface area contributed by atoms with E-state index in [0.29, 0.717) is 35.8 Å². The number of rotatable bonds is 26. The molecule has 10 aromatic rings. The predicted molar refractivity (Wildman–Crippen MR) is 515 cm³/mol. The van der Waals surface area contributed by atoms with E-state index in [4.69, 9.17) is 28.4 Å². The molecule has 0 aliphatic carbocycles. The highest BCUT2D eigenvalue weighted by Gasteiger charge is 2.58. The molecule has 0 radical (unpaired) electrons. The van der Waals surface area contributed by atoms with Gasteiger partial charge in [-0.15, -0.1) is 0 Å². The van der Waals surface area contributed by atoms with Crippen LogP contribution in [0.25, 0.3) is 0 Å². The first-order chi connectivity index (χ1) is 59.3. The molecule has 10 aromatic carbocycles. The van der Waals surface area contributed by atoms with Gasteiger partial charge < -0.3 is 57.8 Å². The number of hydrogen-bond donors (Lipinski definition) is 0. The van der Waals surface area contributed by atoms with Gasteiger partial charge in [0.2, 0.25) is 0 Å². The molecule has 0 fully saturated rings. The van der Waals surface area contributed by atoms with Gasteiger partial charge >= 0.3 is 0 Å². The zero-order valence-corrected chi connectivity index (χ0v) is 80.3. The van der Waals surface area contributed by atoms with Gasteiger partial charge in [-0.1, -0.05) is 205 Å². The van der Waals surface area contributed by atoms with Crippen LogP contribution in [0.1, 0.15) is 242 Å². The molecule has 0 N–H and O–H groups in total. The Bertz CT molecular complexity index is 5110. The van der Waals surface area contributed by atoms with Gasteiger partial charge in [0.1, 0.15) is 70.3 Å². The zero-order chi connectivity index (χ0) is 88.3. The smallest absolute Gasteiger partial charge is 0.255 e. The first-order valence-electron chi connectivity index (χ1n) is 45.1. The first-order valence-corrected chi connectivity index (χ1v) is 48.3. The average Bonchev–Trinajstić information content (AvgIpc) is 1.51. The summed E-state index contributed by atoms with van der Waals surface area (Å²) in [6.45, 7) is 57.4. The largest absolute Gasteiger partial charge is 0.491 e. The van der Waals surface area contributed by atoms with Crippen molar-refractivity contribution in [1.82, 2.24) is 9.80 Å². The lowest BCUT2D eigenvalue weighted by atomic mass is 9.74. The summed E-state index contributed by atoms with van der Waals surface area (Å²) in [7, 11) is 0. The van der Waals surface area contributed by atoms with Crippen molar-refractivity contribution in [2.75, 3.05) is 111 Å². The van der Waals surface area contributed by atoms with Crippen molar-refractivity contribution < 1.29 is 38.0 Å². The Labute approximate surface area is 755 Å². The van der Waals surface area contributed by atoms with Gasteiger partial charge in [0.15, 0.2) is 0 Å². The minimum atomic E-state index is -1.10. The molecule has 2 spiro atoms. The van der Waals surface area contributed by atoms with Crippen molar-refractivity contribution in [3.05, 3.63) is 237 Å². The van der Waals surface area contributed by atoms with Crippen LogP contribution in [0.4, 0.5) is 22.7 Å². The number of hydrogen-bond acceptors (Lipinski definition) is 16. The van der Waals surface area contributed by atoms with E-state index in [1.165, 1.54) is 0 Å². The van der Waals surface area contributed by atoms with Gasteiger partial charge in [-0.25, -0.2) is 0 Å². The summed E-state index contributed by atoms with van der Waals surface area (Å²) in [5.74, 6) is 5.62. The van der Waals surface area contributed by atoms with E-state index in [-0.39, 0.29) is 59.8 Å². The van der Waals surface area contributed by atoms with Crippen LogP contribution >= 0.6 is 47.0 Å². The van der Waals surface area contributed by atoms with Crippen molar-refractivity contribution in [2.24, 2.45) is 0 Å². The van der Waals surface area contributed by atoms with Crippen LogP contribution in [-0.4, -0.2) is 113 Å². The van der Waals surface area contributed by atoms with Gasteiger partial charge in [-0.3, -0.25) is 9.59 Å². The normalized spacial score (nSPS) is 14.7. The molecule has 652 valence electrons. The molecule has 0 saturated carbocycles. The minimum Gasteiger partial charge on any atom is -0.491 e. The SMILES string of the molecule is CCCOc1c2cc(C(C)(C)C)cc1Sc1cc(C(C)(C)C)cc(c1OCCN1C(=O)c3ccccc3C13c1ccc(N(CC)CC)cc1Oc1cc(N(CC)CC)ccc13)Sc1cc(C(C)(C)C)cc(c1OCCC)Sc1cc(C(C)(C)C)cc(c1OCCN1C(=O)c3ccccc3C13c1ccc(N(CC)CC)cc1Oc1cc(N(CC)CC)ccc13)S2. The standard InChI is InChI=1S/C106H126N6O8S4/c1-23-51-115-95-87-55-67(101(11,12)13)56-88(95)122-92-60-70(104(20,21)22)62-94(98(92)118-54-50-112-100(114)76-38-34-36-40-78(76)106(112)81-47-43-73(109(29-7)30-8)65-85(81)120-86-66-74(44-48-82(86)106)110(31-9)32-10)124-90-58-68(102(14,15)16)57-89(96(90)116-52-24-2)123-93-61-69(103(17,18)19)59-91(121-87)97(93)117-53-49-111-99(113)75-37-33-35-39-77(75)105(111)79-45-41-71(107(25-3)26-4)63-83(79)119-84-64-72(42-46-80(84)105)108(27-5)28-6/h33-48,55-66H,23-32,49-54H2,1-22H3. The van der Waals surface area contributed by atoms with Crippen LogP contribution in [0.15, 0.2) is 209 Å². The molecule has 0 aromatic heterocycles. The highest BCUT2D eigenvalue weighted by Crippen LogP contribution is 2.63. The van der Waals surface area contributed by atoms with Crippen LogP contribution in [0.5, 0.6) is 46.0 Å². The summed E-state index contributed by atoms with van der Waals surface area (Å²) in [4.78, 5) is 53.1. The molecule has 8 bridgehead atoms. The number of carbonyl (C=O) groups is 2. The number of fused-ring (bicyclic) bond motifs is 20. The highest BCUT2D eigenvalue weighted by molar-refractivity contribution is 8.01. The van der Waals surface area contributed by atoms with Crippen LogP contribution in [0.3, 0.4) is 0 Å². The minimum absolute atomic E-state index is 0.0775. The fourth-order valence-electron chi connectivity index (χ4n) is 18.4. The predicted octanol–water partition coefficient (Wildman–Crippen LogP) is 26.6. The topological polar surface area (TPSA) is 109 Å². The van der Waals surface area contributed by atoms with Gasteiger partial charge in [0.05, 0.1) is 65.5 Å². The van der Waals surface area contributed by atoms with E-state index < -0.39 is 11.1 Å². The molecule has 0 atom stereocenters. The van der Waals surface area contributed by atoms with Gasteiger partial charge in [-0.05, 0) is 208 Å². The van der Waals surface area contributed by atoms with Crippen LogP contribution in [-0.2, 0) is 32.7 Å². The van der Waals surface area contributed by atoms with Crippen molar-refractivity contribution >= 4 is 81.6 Å². The summed E-state index contributed by atoms with van der Waals surface area (Å²) in [6, 6.07) is 61.3. The molecule has 0 unspecified atom stereocenters. The Balaban J connectivity index is 0.917. The summed E-state index contributed by atoms with van der Waals surface area (Å²) < 4.78 is 44.8. The summed E-state index contributed by atoms with van der Waals surface area (Å²) in [6.07, 6.45) is 1.53. The van der Waals surface area contributed by atoms with Gasteiger partial charge in [0, 0.05) is 133 Å². The highest BCUT2D eigenvalue weighted by atomic mass is 32.2. The monoisotopic (exact) mass is 1740 g/mol. The Morgan fingerprint density at radius 3 is 0.742 bits per heavy atom. The maximum Gasteiger partial charge on any atom is 0.255 e. The average molecular weight is 1740 g/mol. The molecule has 0 saturated heterocycles. The molecule has 5 aliphatic heterocycles. The lowest BCUT2D eigenvalue weighted by Gasteiger charge is -2.44. The van der Waals surface area contributed by atoms with Crippen molar-refractivity contribution in [1.29, 1.82) is 0 Å². The molecule has 5 aliphatic rings. The summed E-state index contributed by atoms with van der Waals surface area (Å²) >= 11 is 6.71. The molecular formula is C106H126N6O8S4. The van der Waals surface area contributed by atoms with E-state index in [1.54, 1.807) is 47.0 Å². The van der Waals surface area contributed by atoms with Crippen LogP contribution in [0, 0.1) is 0 Å². The number of carbonyl (C=O) groups excluding carboxylic acids is 2. The van der Waals surface area contributed by atoms with E-state index in [9.17, 15) is 0 Å². The Morgan fingerprint density at radius 2 is 0.524 bits per heavy atom. The Hall–Kier alpha value is -9.46. The Morgan fingerprint density at radius 1 is 0.298 bits per heavy atom. The van der Waals surface area contributed by atoms with Gasteiger partial charge in [-0.2, -0.15) is 0 Å². The van der Waals surface area contributed by atoms with Crippen molar-refractivity contribution in [3.63, 3.8) is 0 Å². The zero-order valence-electron chi connectivity index (χ0n) is 77.1. The maximum absolute atomic E-state index is 16.1. The lowest BCUT2D eigenvalue weighted by Crippen LogP contribution is -2.49. The lowest BCUT2D eigenvalue weighted by molar-refractivity contribution is 0.0618. The second-order valence-electron chi connectivity index (χ2n) is 37.0. The van der Waals surface area contributed by atoms with Crippen molar-refractivity contribution in [2.45, 2.75) is 237 Å². The number of ether oxygens (including phenoxy) is 6. The maximum atomic E-state index is 16.1. The quantitative estimate of drug-likeness (QED) is 0.0513. The molecular weight excluding hydrogens is 1610 g/mol. The number of anilines is 4. The molecule has 14 nitrogen and oxygen atoms in total. The van der Waals surface area contributed by atoms with E-state index in [1.807, 2.05) is 24.3 Å². The summed E-state index contributed by atoms with van der Waals surface area (Å²) in [5, 5.41) is 0. The molecule has 124 heavy (non-hydrogen) atoms. The number of amides is 2. The molecule has 18 heteroatoms. The number of nitrogens with zero attached hydrogens (tertiary/aromatic N) is 6. The van der Waals surface area contributed by atoms with Crippen LogP contribution < -0.4 is 48.0 Å². The van der Waals surface area contributed by atoms with Gasteiger partial charge in [0.25, 0.3) is 11.8 Å². The van der Waals surface area contributed by atoms with E-state index >= 15 is 9.59 Å². The second-order valence-corrected chi connectivity index (χ2v) is 41.4. The van der Waals surface area contributed by atoms with E-state index in [2.05, 4.69) is 327 Å².